The molecule has 9 rings (SSSR count). The van der Waals surface area contributed by atoms with Crippen LogP contribution in [0.15, 0.2) is 96.1 Å². The smallest absolute Gasteiger partial charge is 1.00 e. The largest absolute Gasteiger partial charge is 1.00 e. The van der Waals surface area contributed by atoms with E-state index in [0.29, 0.717) is 8.45 Å². The molecule has 50 heavy (non-hydrogen) atoms. The van der Waals surface area contributed by atoms with Crippen LogP contribution in [0.5, 0.6) is 0 Å². The molecule has 2 unspecified atom stereocenters. The van der Waals surface area contributed by atoms with Gasteiger partial charge in [0.15, 0.2) is 0 Å². The Morgan fingerprint density at radius 2 is 0.860 bits per heavy atom. The molecular weight excluding hydrogens is 683 g/mol. The summed E-state index contributed by atoms with van der Waals surface area (Å²) >= 11 is -2.62. The van der Waals surface area contributed by atoms with Crippen molar-refractivity contribution in [3.63, 3.8) is 0 Å². The maximum Gasteiger partial charge on any atom is -1.00 e. The van der Waals surface area contributed by atoms with Gasteiger partial charge in [-0.3, -0.25) is 0 Å². The summed E-state index contributed by atoms with van der Waals surface area (Å²) in [6.07, 6.45) is 21.1. The van der Waals surface area contributed by atoms with Crippen LogP contribution in [-0.4, -0.2) is 0 Å². The molecule has 5 aliphatic rings. The fraction of sp³-hybridized carbons (Fsp3) is 0.404. The molecule has 2 saturated carbocycles. The van der Waals surface area contributed by atoms with E-state index >= 15 is 0 Å². The van der Waals surface area contributed by atoms with Crippen LogP contribution in [0.2, 0.25) is 9.45 Å². The number of benzene rings is 4. The van der Waals surface area contributed by atoms with Crippen molar-refractivity contribution in [2.45, 2.75) is 102 Å². The van der Waals surface area contributed by atoms with Crippen LogP contribution in [0.4, 0.5) is 0 Å². The number of allylic oxidation sites excluding steroid dienone is 2. The van der Waals surface area contributed by atoms with Crippen molar-refractivity contribution >= 4 is 12.2 Å². The van der Waals surface area contributed by atoms with Crippen LogP contribution in [-0.2, 0) is 16.6 Å². The Bertz CT molecular complexity index is 1750. The first-order chi connectivity index (χ1) is 23.6. The number of hydrogen-bond acceptors (Lipinski definition) is 0. The molecule has 0 radical (unpaired) electrons. The van der Waals surface area contributed by atoms with E-state index in [2.05, 4.69) is 111 Å². The maximum absolute atomic E-state index is 2.79. The minimum atomic E-state index is -2.62. The summed E-state index contributed by atoms with van der Waals surface area (Å²) in [5.74, 6) is 1.54. The summed E-state index contributed by atoms with van der Waals surface area (Å²) < 4.78 is 4.47. The number of hydrogen-bond donors (Lipinski definition) is 0. The Kier molecular flexibility index (Phi) is 10.8. The molecule has 0 aromatic heterocycles. The van der Waals surface area contributed by atoms with E-state index in [4.69, 9.17) is 0 Å². The van der Waals surface area contributed by atoms with Crippen molar-refractivity contribution in [3.05, 3.63) is 129 Å². The standard InChI is InChI=1S/2C22H23.C3H6.2ClH.Ti/c2*1-16-10-12-18(13-11-16)21-9-5-8-19-14-20(15-22(19)21)17-6-3-2-4-7-17;1-3-2;;;/h2*5,8-15,17H,2-4,6-7H2,1H3;1-3H2;2*1H;/q;;;;;+2/p-2. The van der Waals surface area contributed by atoms with Gasteiger partial charge in [0.05, 0.1) is 0 Å². The number of fused-ring (bicyclic) bond motifs is 2. The Balaban J connectivity index is 0.00000196. The molecule has 4 aromatic carbocycles. The van der Waals surface area contributed by atoms with Gasteiger partial charge in [-0.05, 0) is 0 Å². The molecule has 0 amide bonds. The van der Waals surface area contributed by atoms with Gasteiger partial charge in [0.1, 0.15) is 0 Å². The molecular formula is C47H52Cl2Ti. The van der Waals surface area contributed by atoms with Gasteiger partial charge in [-0.25, -0.2) is 0 Å². The van der Waals surface area contributed by atoms with Gasteiger partial charge in [0.25, 0.3) is 0 Å². The molecule has 3 fully saturated rings. The molecule has 0 N–H and O–H groups in total. The molecule has 0 bridgehead atoms. The summed E-state index contributed by atoms with van der Waals surface area (Å²) in [7, 11) is 0. The Labute approximate surface area is 317 Å². The number of halogens is 2. The van der Waals surface area contributed by atoms with E-state index in [1.165, 1.54) is 113 Å². The molecule has 0 nitrogen and oxygen atoms in total. The number of rotatable bonds is 6. The first-order valence-corrected chi connectivity index (χ1v) is 23.4. The van der Waals surface area contributed by atoms with Crippen LogP contribution >= 0.6 is 0 Å². The van der Waals surface area contributed by atoms with Crippen molar-refractivity contribution in [2.24, 2.45) is 11.8 Å². The monoisotopic (exact) mass is 734 g/mol. The first-order valence-electron chi connectivity index (χ1n) is 19.4. The fourth-order valence-corrected chi connectivity index (χ4v) is 21.0. The molecule has 3 heteroatoms. The van der Waals surface area contributed by atoms with Gasteiger partial charge in [-0.2, -0.15) is 0 Å². The predicted octanol–water partition coefficient (Wildman–Crippen LogP) is 7.78. The van der Waals surface area contributed by atoms with Gasteiger partial charge < -0.3 is 24.8 Å². The van der Waals surface area contributed by atoms with Crippen molar-refractivity contribution in [1.82, 2.24) is 0 Å². The van der Waals surface area contributed by atoms with E-state index in [1.807, 2.05) is 11.1 Å². The summed E-state index contributed by atoms with van der Waals surface area (Å²) in [5.41, 5.74) is 18.8. The predicted molar refractivity (Wildman–Crippen MR) is 202 cm³/mol. The SMILES string of the molecule is Cc1ccc(-c2cccc3c2C=C(C2CCCCC2)[CH]3[Ti+2]2([CH]3C(C4CCCCC4)=Cc4c(-c5ccc(C)cc5)cccc43)[CH2]C[CH2]2)cc1.[Cl-].[Cl-]. The molecule has 258 valence electrons. The van der Waals surface area contributed by atoms with E-state index in [0.717, 1.165) is 11.8 Å². The van der Waals surface area contributed by atoms with Crippen LogP contribution < -0.4 is 24.8 Å². The number of aryl methyl sites for hydroxylation is 2. The molecule has 1 saturated heterocycles. The Morgan fingerprint density at radius 1 is 0.460 bits per heavy atom. The van der Waals surface area contributed by atoms with Crippen LogP contribution in [0.1, 0.15) is 112 Å². The summed E-state index contributed by atoms with van der Waals surface area (Å²) in [6, 6.07) is 33.6. The van der Waals surface area contributed by atoms with Crippen molar-refractivity contribution in [3.8, 4) is 22.3 Å². The first kappa shape index (κ1) is 36.0. The maximum atomic E-state index is 2.79. The molecule has 4 aromatic rings. The second-order valence-electron chi connectivity index (χ2n) is 16.3. The van der Waals surface area contributed by atoms with Gasteiger partial charge >= 0.3 is 295 Å². The van der Waals surface area contributed by atoms with Gasteiger partial charge in [0.2, 0.25) is 0 Å². The summed E-state index contributed by atoms with van der Waals surface area (Å²) in [4.78, 5) is 0. The molecule has 1 aliphatic heterocycles. The van der Waals surface area contributed by atoms with Gasteiger partial charge in [0, 0.05) is 0 Å². The summed E-state index contributed by atoms with van der Waals surface area (Å²) in [6.45, 7) is 4.43. The fourth-order valence-electron chi connectivity index (χ4n) is 11.0. The van der Waals surface area contributed by atoms with Crippen molar-refractivity contribution in [1.29, 1.82) is 0 Å². The van der Waals surface area contributed by atoms with Crippen LogP contribution in [0, 0.1) is 25.7 Å². The quantitative estimate of drug-likeness (QED) is 0.178. The zero-order valence-electron chi connectivity index (χ0n) is 30.0. The average Bonchev–Trinajstić information content (AvgIpc) is 3.70. The molecule has 4 aliphatic carbocycles. The minimum Gasteiger partial charge on any atom is -1.00 e. The molecule has 1 heterocycles. The molecule has 0 spiro atoms. The zero-order valence-corrected chi connectivity index (χ0v) is 33.1. The van der Waals surface area contributed by atoms with E-state index in [-0.39, 0.29) is 24.8 Å². The Hall–Kier alpha value is -2.35. The Morgan fingerprint density at radius 3 is 1.22 bits per heavy atom. The minimum absolute atomic E-state index is 0. The normalized spacial score (nSPS) is 22.0. The van der Waals surface area contributed by atoms with Crippen LogP contribution in [0.3, 0.4) is 0 Å². The van der Waals surface area contributed by atoms with E-state index < -0.39 is 16.6 Å². The second kappa shape index (κ2) is 14.9. The third-order valence-electron chi connectivity index (χ3n) is 13.5. The zero-order chi connectivity index (χ0) is 32.2. The van der Waals surface area contributed by atoms with E-state index in [9.17, 15) is 0 Å². The van der Waals surface area contributed by atoms with E-state index in [1.54, 1.807) is 22.3 Å². The van der Waals surface area contributed by atoms with Gasteiger partial charge in [-0.15, -0.1) is 0 Å². The van der Waals surface area contributed by atoms with Crippen molar-refractivity contribution < 1.29 is 41.4 Å². The van der Waals surface area contributed by atoms with Crippen molar-refractivity contribution in [2.75, 3.05) is 0 Å². The topological polar surface area (TPSA) is 0 Å². The second-order valence-corrected chi connectivity index (χ2v) is 23.5. The third kappa shape index (κ3) is 6.15. The van der Waals surface area contributed by atoms with Gasteiger partial charge in [-0.1, -0.05) is 0 Å². The third-order valence-corrected chi connectivity index (χ3v) is 23.1. The summed E-state index contributed by atoms with van der Waals surface area (Å²) in [5, 5.41) is 0. The van der Waals surface area contributed by atoms with Crippen LogP contribution in [0.25, 0.3) is 34.4 Å². The molecule has 2 atom stereocenters. The average molecular weight is 736 g/mol.